The molecule has 2 aromatic heterocycles. The summed E-state index contributed by atoms with van der Waals surface area (Å²) in [5, 5.41) is 19.9. The number of sulfonamides is 1. The van der Waals surface area contributed by atoms with Gasteiger partial charge in [0, 0.05) is 107 Å². The summed E-state index contributed by atoms with van der Waals surface area (Å²) >= 11 is 6.28. The monoisotopic (exact) mass is 1010 g/mol. The molecule has 0 spiro atoms. The summed E-state index contributed by atoms with van der Waals surface area (Å²) in [5.41, 5.74) is 6.78. The van der Waals surface area contributed by atoms with Crippen LogP contribution in [0.1, 0.15) is 61.9 Å². The normalized spacial score (nSPS) is 19.9. The molecular formula is C51H60ClN11O7S. The van der Waals surface area contributed by atoms with Crippen molar-refractivity contribution in [2.24, 2.45) is 5.41 Å². The van der Waals surface area contributed by atoms with E-state index >= 15 is 0 Å². The molecule has 4 aliphatic heterocycles. The molecule has 3 saturated heterocycles. The van der Waals surface area contributed by atoms with Gasteiger partial charge in [0.1, 0.15) is 17.0 Å². The number of nitro benzene ring substituents is 1. The molecule has 71 heavy (non-hydrogen) atoms. The number of anilines is 4. The number of H-pyrrole nitrogens is 1. The second kappa shape index (κ2) is 20.0. The van der Waals surface area contributed by atoms with Crippen LogP contribution < -0.4 is 29.9 Å². The Bertz CT molecular complexity index is 2990. The number of amides is 3. The summed E-state index contributed by atoms with van der Waals surface area (Å²) in [6, 6.07) is 21.2. The van der Waals surface area contributed by atoms with Gasteiger partial charge in [-0.15, -0.1) is 0 Å². The van der Waals surface area contributed by atoms with E-state index in [1.807, 2.05) is 46.2 Å². The summed E-state index contributed by atoms with van der Waals surface area (Å²) in [4.78, 5) is 56.7. The van der Waals surface area contributed by atoms with Crippen LogP contribution in [0.3, 0.4) is 0 Å². The lowest BCUT2D eigenvalue weighted by Gasteiger charge is -2.39. The highest BCUT2D eigenvalue weighted by Gasteiger charge is 2.34. The van der Waals surface area contributed by atoms with Crippen molar-refractivity contribution in [3.63, 3.8) is 0 Å². The molecule has 4 N–H and O–H groups in total. The van der Waals surface area contributed by atoms with E-state index in [1.165, 1.54) is 28.8 Å². The van der Waals surface area contributed by atoms with Crippen LogP contribution in [-0.2, 0) is 10.0 Å². The molecule has 3 fully saturated rings. The highest BCUT2D eigenvalue weighted by atomic mass is 35.5. The highest BCUT2D eigenvalue weighted by molar-refractivity contribution is 7.90. The molecule has 0 saturated carbocycles. The highest BCUT2D eigenvalue weighted by Crippen LogP contribution is 2.44. The number of halogens is 1. The van der Waals surface area contributed by atoms with Gasteiger partial charge < -0.3 is 35.1 Å². The van der Waals surface area contributed by atoms with Crippen LogP contribution in [0.2, 0.25) is 5.02 Å². The molecule has 374 valence electrons. The van der Waals surface area contributed by atoms with Gasteiger partial charge in [0.2, 0.25) is 5.88 Å². The minimum Gasteiger partial charge on any atom is -0.476 e. The molecule has 5 aliphatic rings. The smallest absolute Gasteiger partial charge is 0.317 e. The number of carbonyl (C=O) groups is 2. The number of fused-ring (bicyclic) bond motifs is 3. The van der Waals surface area contributed by atoms with Crippen LogP contribution in [-0.4, -0.2) is 141 Å². The van der Waals surface area contributed by atoms with Crippen LogP contribution in [0.5, 0.6) is 5.88 Å². The van der Waals surface area contributed by atoms with Gasteiger partial charge in [0.25, 0.3) is 21.6 Å². The molecule has 3 aromatic carbocycles. The first kappa shape index (κ1) is 48.2. The molecule has 1 aliphatic carbocycles. The molecule has 20 heteroatoms. The van der Waals surface area contributed by atoms with Gasteiger partial charge in [-0.1, -0.05) is 43.2 Å². The number of hydrogen-bond donors (Lipinski definition) is 4. The van der Waals surface area contributed by atoms with Crippen molar-refractivity contribution in [3.8, 4) is 5.88 Å². The lowest BCUT2D eigenvalue weighted by atomic mass is 9.72. The fourth-order valence-electron chi connectivity index (χ4n) is 10.7. The first-order valence-electron chi connectivity index (χ1n) is 24.5. The van der Waals surface area contributed by atoms with E-state index in [0.717, 1.165) is 87.1 Å². The maximum atomic E-state index is 14.5. The zero-order valence-corrected chi connectivity index (χ0v) is 41.7. The topological polar surface area (TPSA) is 202 Å². The summed E-state index contributed by atoms with van der Waals surface area (Å²) in [6.45, 7) is 13.1. The second-order valence-electron chi connectivity index (χ2n) is 19.9. The van der Waals surface area contributed by atoms with Crippen molar-refractivity contribution < 1.29 is 27.7 Å². The molecule has 18 nitrogen and oxygen atoms in total. The Morgan fingerprint density at radius 1 is 0.958 bits per heavy atom. The minimum atomic E-state index is -4.61. The van der Waals surface area contributed by atoms with Crippen molar-refractivity contribution in [1.29, 1.82) is 0 Å². The Kier molecular flexibility index (Phi) is 13.6. The van der Waals surface area contributed by atoms with Crippen molar-refractivity contribution in [1.82, 2.24) is 34.7 Å². The number of benzene rings is 3. The lowest BCUT2D eigenvalue weighted by molar-refractivity contribution is -0.384. The average molecular weight is 1010 g/mol. The molecule has 1 atom stereocenters. The van der Waals surface area contributed by atoms with E-state index < -0.39 is 31.4 Å². The van der Waals surface area contributed by atoms with Crippen LogP contribution in [0.15, 0.2) is 89.5 Å². The van der Waals surface area contributed by atoms with Crippen LogP contribution in [0.4, 0.5) is 33.2 Å². The Morgan fingerprint density at radius 3 is 2.56 bits per heavy atom. The number of nitrogens with one attached hydrogen (secondary N) is 4. The second-order valence-corrected chi connectivity index (χ2v) is 22.1. The molecule has 0 unspecified atom stereocenters. The summed E-state index contributed by atoms with van der Waals surface area (Å²) in [7, 11) is -4.61. The predicted octanol–water partition coefficient (Wildman–Crippen LogP) is 7.46. The number of urea groups is 1. The fourth-order valence-corrected chi connectivity index (χ4v) is 11.8. The van der Waals surface area contributed by atoms with Crippen molar-refractivity contribution >= 4 is 78.6 Å². The Morgan fingerprint density at radius 2 is 1.76 bits per heavy atom. The molecule has 5 aromatic rings. The average Bonchev–Trinajstić information content (AvgIpc) is 3.82. The van der Waals surface area contributed by atoms with Gasteiger partial charge in [-0.25, -0.2) is 17.9 Å². The Hall–Kier alpha value is -6.41. The number of nitrogens with zero attached hydrogens (tertiary/aromatic N) is 7. The van der Waals surface area contributed by atoms with Crippen molar-refractivity contribution in [3.05, 3.63) is 111 Å². The van der Waals surface area contributed by atoms with Crippen LogP contribution in [0, 0.1) is 15.5 Å². The number of rotatable bonds is 13. The quantitative estimate of drug-likeness (QED) is 0.0670. The van der Waals surface area contributed by atoms with Crippen LogP contribution in [0.25, 0.3) is 16.6 Å². The first-order valence-corrected chi connectivity index (χ1v) is 26.4. The third-order valence-corrected chi connectivity index (χ3v) is 16.2. The van der Waals surface area contributed by atoms with E-state index in [9.17, 15) is 28.1 Å². The number of allylic oxidation sites excluding steroid dienone is 1. The number of ether oxygens (including phenoxy) is 1. The number of nitro groups is 1. The van der Waals surface area contributed by atoms with Gasteiger partial charge in [-0.2, -0.15) is 4.98 Å². The third kappa shape index (κ3) is 10.5. The van der Waals surface area contributed by atoms with E-state index in [1.54, 1.807) is 12.3 Å². The molecule has 3 amide bonds. The molecule has 0 radical (unpaired) electrons. The number of aromatic amines is 1. The van der Waals surface area contributed by atoms with E-state index in [2.05, 4.69) is 61.0 Å². The summed E-state index contributed by atoms with van der Waals surface area (Å²) in [5.74, 6) is -0.505. The Balaban J connectivity index is 0.881. The number of carbonyl (C=O) groups excluding carboxylic acids is 2. The fraction of sp³-hybridized carbons (Fsp3) is 0.431. The number of piperazine rings is 1. The van der Waals surface area contributed by atoms with E-state index in [4.69, 9.17) is 21.3 Å². The summed E-state index contributed by atoms with van der Waals surface area (Å²) < 4.78 is 36.5. The number of aromatic nitrogens is 2. The maximum Gasteiger partial charge on any atom is 0.317 e. The molecule has 0 bridgehead atoms. The molecular weight excluding hydrogens is 946 g/mol. The standard InChI is InChI=1S/C51H60ClN11O7S/c1-51(2)15-12-36(42(31-51)34-4-6-37(52)7-5-34)33-59-21-24-60(25-22-59)38-8-10-41(44(29-38)62-18-3-27-70-49-46(62)28-35-13-16-54-47(35)56-49)48(64)57-71(68,69)40-9-11-43(45(30-40)63(66)67)53-17-20-58-19-14-39-32-55-50(65)61(39)26-23-58/h4-11,13,16,28-30,39,53H,3,12,14-15,17-27,31-33H2,1-2H3,(H,54,56)(H,55,65)(H,57,64)/t39-/m1/s1. The molecule has 10 rings (SSSR count). The minimum absolute atomic E-state index is 0.0532. The van der Waals surface area contributed by atoms with Crippen molar-refractivity contribution in [2.75, 3.05) is 100 Å². The predicted molar refractivity (Wildman–Crippen MR) is 275 cm³/mol. The van der Waals surface area contributed by atoms with E-state index in [-0.39, 0.29) is 28.7 Å². The number of pyridine rings is 1. The third-order valence-electron chi connectivity index (χ3n) is 14.7. The van der Waals surface area contributed by atoms with Gasteiger partial charge in [0.05, 0.1) is 33.7 Å². The van der Waals surface area contributed by atoms with Gasteiger partial charge in [0.15, 0.2) is 0 Å². The SMILES string of the molecule is CC1(C)CCC(CN2CCN(c3ccc(C(=O)NS(=O)(=O)c4ccc(NCCN5CC[C@@H]6CNC(=O)N6CC5)c([N+](=O)[O-])c4)c(N4CCCOc5nc6[nH]ccc6cc54)c3)CC2)=C(c2ccc(Cl)cc2)C1. The van der Waals surface area contributed by atoms with Gasteiger partial charge in [-0.05, 0) is 103 Å². The largest absolute Gasteiger partial charge is 0.476 e. The number of hydrogen-bond acceptors (Lipinski definition) is 13. The zero-order chi connectivity index (χ0) is 49.4. The first-order chi connectivity index (χ1) is 34.2. The zero-order valence-electron chi connectivity index (χ0n) is 40.1. The maximum absolute atomic E-state index is 14.5. The van der Waals surface area contributed by atoms with Crippen LogP contribution >= 0.6 is 11.6 Å². The van der Waals surface area contributed by atoms with Crippen molar-refractivity contribution in [2.45, 2.75) is 56.9 Å². The van der Waals surface area contributed by atoms with E-state index in [0.29, 0.717) is 75.2 Å². The lowest BCUT2D eigenvalue weighted by Crippen LogP contribution is -2.47. The van der Waals surface area contributed by atoms with Gasteiger partial charge >= 0.3 is 6.03 Å². The Labute approximate surface area is 418 Å². The molecule has 6 heterocycles. The summed E-state index contributed by atoms with van der Waals surface area (Å²) in [6.07, 6.45) is 6.40. The van der Waals surface area contributed by atoms with Gasteiger partial charge in [-0.3, -0.25) is 24.7 Å².